The van der Waals surface area contributed by atoms with Crippen LogP contribution in [0.3, 0.4) is 0 Å². The van der Waals surface area contributed by atoms with Gasteiger partial charge in [-0.1, -0.05) is 18.2 Å². The summed E-state index contributed by atoms with van der Waals surface area (Å²) in [5, 5.41) is 2.86. The fraction of sp³-hybridized carbons (Fsp3) is 0.462. The van der Waals surface area contributed by atoms with Gasteiger partial charge in [-0.05, 0) is 18.9 Å². The van der Waals surface area contributed by atoms with Crippen molar-refractivity contribution in [1.82, 2.24) is 5.32 Å². The molecule has 1 aliphatic carbocycles. The highest BCUT2D eigenvalue weighted by atomic mass is 35.5. The highest BCUT2D eigenvalue weighted by Gasteiger charge is 2.46. The smallest absolute Gasteiger partial charge is 0.234 e. The third-order valence-electron chi connectivity index (χ3n) is 3.28. The second-order valence-corrected chi connectivity index (χ2v) is 4.66. The second-order valence-electron chi connectivity index (χ2n) is 4.39. The normalized spacial score (nSPS) is 16.4. The molecular weight excluding hydrogens is 238 g/mol. The number of alkyl halides is 1. The Morgan fingerprint density at radius 2 is 2.18 bits per heavy atom. The molecule has 1 fully saturated rings. The topological polar surface area (TPSA) is 38.3 Å². The lowest BCUT2D eigenvalue weighted by Gasteiger charge is -2.19. The number of rotatable bonds is 5. The zero-order valence-electron chi connectivity index (χ0n) is 9.83. The largest absolute Gasteiger partial charge is 0.496 e. The fourth-order valence-electron chi connectivity index (χ4n) is 2.09. The molecule has 1 amide bonds. The first-order valence-electron chi connectivity index (χ1n) is 5.68. The molecule has 3 nitrogen and oxygen atoms in total. The summed E-state index contributed by atoms with van der Waals surface area (Å²) in [6.45, 7) is 0.638. The number of halogens is 1. The first-order valence-corrected chi connectivity index (χ1v) is 6.21. The van der Waals surface area contributed by atoms with Gasteiger partial charge in [0.15, 0.2) is 0 Å². The molecule has 1 aliphatic rings. The Labute approximate surface area is 106 Å². The Bertz CT molecular complexity index is 416. The van der Waals surface area contributed by atoms with E-state index in [2.05, 4.69) is 11.4 Å². The summed E-state index contributed by atoms with van der Waals surface area (Å²) in [5.74, 6) is 0.792. The molecule has 0 spiro atoms. The molecule has 92 valence electrons. The molecule has 17 heavy (non-hydrogen) atoms. The minimum absolute atomic E-state index is 0.0159. The molecule has 0 saturated heterocycles. The van der Waals surface area contributed by atoms with Crippen LogP contribution in [0.1, 0.15) is 18.4 Å². The van der Waals surface area contributed by atoms with Gasteiger partial charge in [0.05, 0.1) is 7.11 Å². The average Bonchev–Trinajstić information content (AvgIpc) is 3.17. The Hall–Kier alpha value is -1.22. The van der Waals surface area contributed by atoms with E-state index >= 15 is 0 Å². The number of ether oxygens (including phenoxy) is 1. The summed E-state index contributed by atoms with van der Waals surface area (Å²) in [6, 6.07) is 7.98. The molecule has 0 aromatic heterocycles. The van der Waals surface area contributed by atoms with Crippen molar-refractivity contribution in [2.75, 3.05) is 19.5 Å². The molecule has 0 heterocycles. The van der Waals surface area contributed by atoms with E-state index in [1.807, 2.05) is 18.2 Å². The fourth-order valence-corrected chi connectivity index (χ4v) is 2.18. The minimum Gasteiger partial charge on any atom is -0.496 e. The Kier molecular flexibility index (Phi) is 3.57. The van der Waals surface area contributed by atoms with E-state index < -0.39 is 0 Å². The Morgan fingerprint density at radius 1 is 1.47 bits per heavy atom. The SMILES string of the molecule is COc1ccccc1C1(CNC(=O)CCl)CC1. The molecule has 0 unspecified atom stereocenters. The quantitative estimate of drug-likeness (QED) is 0.816. The predicted octanol–water partition coefficient (Wildman–Crippen LogP) is 2.08. The maximum Gasteiger partial charge on any atom is 0.234 e. The number of methoxy groups -OCH3 is 1. The van der Waals surface area contributed by atoms with E-state index in [-0.39, 0.29) is 17.2 Å². The van der Waals surface area contributed by atoms with Crippen LogP contribution in [0.5, 0.6) is 5.75 Å². The molecule has 1 saturated carbocycles. The molecular formula is C13H16ClNO2. The zero-order chi connectivity index (χ0) is 12.3. The maximum absolute atomic E-state index is 11.2. The molecule has 0 atom stereocenters. The summed E-state index contributed by atoms with van der Waals surface area (Å²) in [5.41, 5.74) is 1.23. The van der Waals surface area contributed by atoms with E-state index in [9.17, 15) is 4.79 Å². The van der Waals surface area contributed by atoms with Gasteiger partial charge in [0.25, 0.3) is 0 Å². The average molecular weight is 254 g/mol. The van der Waals surface area contributed by atoms with Crippen molar-refractivity contribution >= 4 is 17.5 Å². The van der Waals surface area contributed by atoms with E-state index in [1.54, 1.807) is 7.11 Å². The van der Waals surface area contributed by atoms with Gasteiger partial charge in [0.2, 0.25) is 5.91 Å². The maximum atomic E-state index is 11.2. The number of carbonyl (C=O) groups is 1. The van der Waals surface area contributed by atoms with Crippen molar-refractivity contribution in [3.8, 4) is 5.75 Å². The van der Waals surface area contributed by atoms with Gasteiger partial charge in [-0.15, -0.1) is 11.6 Å². The monoisotopic (exact) mass is 253 g/mol. The molecule has 0 bridgehead atoms. The highest BCUT2D eigenvalue weighted by Crippen LogP contribution is 2.50. The summed E-state index contributed by atoms with van der Waals surface area (Å²) in [6.07, 6.45) is 2.16. The number of hydrogen-bond acceptors (Lipinski definition) is 2. The van der Waals surface area contributed by atoms with Crippen molar-refractivity contribution in [1.29, 1.82) is 0 Å². The van der Waals surface area contributed by atoms with Gasteiger partial charge in [0.1, 0.15) is 11.6 Å². The minimum atomic E-state index is -0.118. The Balaban J connectivity index is 2.12. The lowest BCUT2D eigenvalue weighted by molar-refractivity contribution is -0.118. The summed E-state index contributed by atoms with van der Waals surface area (Å²) < 4.78 is 5.37. The Morgan fingerprint density at radius 3 is 2.76 bits per heavy atom. The van der Waals surface area contributed by atoms with Crippen LogP contribution in [-0.2, 0) is 10.2 Å². The number of nitrogens with one attached hydrogen (secondary N) is 1. The lowest BCUT2D eigenvalue weighted by Crippen LogP contribution is -2.33. The van der Waals surface area contributed by atoms with Gasteiger partial charge >= 0.3 is 0 Å². The highest BCUT2D eigenvalue weighted by molar-refractivity contribution is 6.27. The summed E-state index contributed by atoms with van der Waals surface area (Å²) in [7, 11) is 1.67. The van der Waals surface area contributed by atoms with Crippen LogP contribution in [-0.4, -0.2) is 25.4 Å². The number of benzene rings is 1. The van der Waals surface area contributed by atoms with E-state index in [0.29, 0.717) is 6.54 Å². The molecule has 1 N–H and O–H groups in total. The van der Waals surface area contributed by atoms with Gasteiger partial charge in [-0.2, -0.15) is 0 Å². The van der Waals surface area contributed by atoms with Gasteiger partial charge in [0, 0.05) is 17.5 Å². The number of amides is 1. The lowest BCUT2D eigenvalue weighted by atomic mass is 9.95. The summed E-state index contributed by atoms with van der Waals surface area (Å²) in [4.78, 5) is 11.2. The zero-order valence-corrected chi connectivity index (χ0v) is 10.6. The number of hydrogen-bond donors (Lipinski definition) is 1. The van der Waals surface area contributed by atoms with E-state index in [1.165, 1.54) is 5.56 Å². The molecule has 4 heteroatoms. The predicted molar refractivity (Wildman–Crippen MR) is 67.6 cm³/mol. The van der Waals surface area contributed by atoms with Crippen molar-refractivity contribution in [2.45, 2.75) is 18.3 Å². The molecule has 0 radical (unpaired) electrons. The third kappa shape index (κ3) is 2.55. The standard InChI is InChI=1S/C13H16ClNO2/c1-17-11-5-3-2-4-10(11)13(6-7-13)9-15-12(16)8-14/h2-5H,6-9H2,1H3,(H,15,16). The van der Waals surface area contributed by atoms with Gasteiger partial charge in [-0.3, -0.25) is 4.79 Å². The molecule has 1 aromatic carbocycles. The van der Waals surface area contributed by atoms with Crippen molar-refractivity contribution in [3.63, 3.8) is 0 Å². The number of para-hydroxylation sites is 1. The van der Waals surface area contributed by atoms with Crippen LogP contribution in [0.25, 0.3) is 0 Å². The first kappa shape index (κ1) is 12.2. The molecule has 1 aromatic rings. The van der Waals surface area contributed by atoms with E-state index in [4.69, 9.17) is 16.3 Å². The summed E-state index contributed by atoms with van der Waals surface area (Å²) >= 11 is 5.47. The van der Waals surface area contributed by atoms with Crippen molar-refractivity contribution < 1.29 is 9.53 Å². The van der Waals surface area contributed by atoms with Crippen LogP contribution in [0.2, 0.25) is 0 Å². The van der Waals surface area contributed by atoms with Crippen LogP contribution in [0, 0.1) is 0 Å². The van der Waals surface area contributed by atoms with Crippen LogP contribution < -0.4 is 10.1 Å². The van der Waals surface area contributed by atoms with Crippen molar-refractivity contribution in [3.05, 3.63) is 29.8 Å². The van der Waals surface area contributed by atoms with Crippen LogP contribution >= 0.6 is 11.6 Å². The van der Waals surface area contributed by atoms with Gasteiger partial charge in [-0.25, -0.2) is 0 Å². The van der Waals surface area contributed by atoms with Crippen LogP contribution in [0.4, 0.5) is 0 Å². The first-order chi connectivity index (χ1) is 8.22. The molecule has 2 rings (SSSR count). The van der Waals surface area contributed by atoms with Crippen LogP contribution in [0.15, 0.2) is 24.3 Å². The molecule has 0 aliphatic heterocycles. The second kappa shape index (κ2) is 4.96. The van der Waals surface area contributed by atoms with E-state index in [0.717, 1.165) is 18.6 Å². The third-order valence-corrected chi connectivity index (χ3v) is 3.52. The van der Waals surface area contributed by atoms with Gasteiger partial charge < -0.3 is 10.1 Å². The number of carbonyl (C=O) groups excluding carboxylic acids is 1. The van der Waals surface area contributed by atoms with Crippen molar-refractivity contribution in [2.24, 2.45) is 0 Å².